The van der Waals surface area contributed by atoms with Gasteiger partial charge in [-0.05, 0) is 47.0 Å². The number of nitrogens with zero attached hydrogens (tertiary/aromatic N) is 2. The van der Waals surface area contributed by atoms with Gasteiger partial charge in [0, 0.05) is 55.4 Å². The van der Waals surface area contributed by atoms with Crippen molar-refractivity contribution >= 4 is 16.8 Å². The van der Waals surface area contributed by atoms with Crippen molar-refractivity contribution in [2.45, 2.75) is 18.9 Å². The zero-order valence-corrected chi connectivity index (χ0v) is 16.2. The molecular formula is C24H22FN3O. The number of halogens is 1. The van der Waals surface area contributed by atoms with E-state index < -0.39 is 0 Å². The van der Waals surface area contributed by atoms with Gasteiger partial charge >= 0.3 is 0 Å². The van der Waals surface area contributed by atoms with Crippen molar-refractivity contribution in [3.63, 3.8) is 0 Å². The normalized spacial score (nSPS) is 12.1. The van der Waals surface area contributed by atoms with E-state index in [2.05, 4.69) is 33.2 Å². The van der Waals surface area contributed by atoms with Crippen molar-refractivity contribution in [2.24, 2.45) is 7.05 Å². The van der Waals surface area contributed by atoms with Gasteiger partial charge in [0.2, 0.25) is 5.91 Å². The molecule has 4 rings (SSSR count). The Balaban J connectivity index is 1.63. The second-order valence-corrected chi connectivity index (χ2v) is 7.15. The largest absolute Gasteiger partial charge is 0.352 e. The van der Waals surface area contributed by atoms with E-state index >= 15 is 0 Å². The van der Waals surface area contributed by atoms with Crippen LogP contribution in [0.4, 0.5) is 4.39 Å². The summed E-state index contributed by atoms with van der Waals surface area (Å²) in [6, 6.07) is 18.3. The molecule has 0 unspecified atom stereocenters. The van der Waals surface area contributed by atoms with Gasteiger partial charge in [-0.15, -0.1) is 0 Å². The number of rotatable bonds is 6. The first-order valence-electron chi connectivity index (χ1n) is 9.57. The van der Waals surface area contributed by atoms with Crippen LogP contribution in [0.1, 0.15) is 29.0 Å². The van der Waals surface area contributed by atoms with Crippen LogP contribution in [0.3, 0.4) is 0 Å². The van der Waals surface area contributed by atoms with Crippen LogP contribution < -0.4 is 5.32 Å². The minimum atomic E-state index is -0.285. The number of para-hydroxylation sites is 1. The van der Waals surface area contributed by atoms with Crippen LogP contribution in [0.5, 0.6) is 0 Å². The van der Waals surface area contributed by atoms with Gasteiger partial charge in [-0.3, -0.25) is 9.78 Å². The summed E-state index contributed by atoms with van der Waals surface area (Å²) in [6.07, 6.45) is 5.76. The van der Waals surface area contributed by atoms with Gasteiger partial charge in [-0.1, -0.05) is 30.3 Å². The molecule has 0 aliphatic carbocycles. The minimum absolute atomic E-state index is 0.0518. The monoisotopic (exact) mass is 387 g/mol. The zero-order chi connectivity index (χ0) is 20.2. The molecule has 0 fully saturated rings. The maximum Gasteiger partial charge on any atom is 0.221 e. The maximum atomic E-state index is 13.5. The summed E-state index contributed by atoms with van der Waals surface area (Å²) in [4.78, 5) is 16.8. The molecule has 5 heteroatoms. The predicted molar refractivity (Wildman–Crippen MR) is 112 cm³/mol. The van der Waals surface area contributed by atoms with Gasteiger partial charge in [0.05, 0.1) is 0 Å². The molecule has 2 aromatic heterocycles. The molecule has 0 saturated heterocycles. The average molecular weight is 387 g/mol. The van der Waals surface area contributed by atoms with Crippen molar-refractivity contribution in [1.82, 2.24) is 14.9 Å². The van der Waals surface area contributed by atoms with E-state index in [9.17, 15) is 9.18 Å². The first-order chi connectivity index (χ1) is 14.1. The molecule has 0 spiro atoms. The summed E-state index contributed by atoms with van der Waals surface area (Å²) in [6.45, 7) is 0.451. The Bertz CT molecular complexity index is 1120. The molecule has 0 radical (unpaired) electrons. The molecule has 1 N–H and O–H groups in total. The quantitative estimate of drug-likeness (QED) is 0.528. The lowest BCUT2D eigenvalue weighted by Gasteiger charge is -2.17. The van der Waals surface area contributed by atoms with E-state index in [0.29, 0.717) is 6.54 Å². The second-order valence-electron chi connectivity index (χ2n) is 7.15. The smallest absolute Gasteiger partial charge is 0.221 e. The van der Waals surface area contributed by atoms with Gasteiger partial charge in [0.25, 0.3) is 0 Å². The lowest BCUT2D eigenvalue weighted by atomic mass is 9.88. The van der Waals surface area contributed by atoms with E-state index in [1.807, 2.05) is 31.3 Å². The molecule has 1 amide bonds. The molecule has 4 nitrogen and oxygen atoms in total. The number of carbonyl (C=O) groups is 1. The Hall–Kier alpha value is -3.47. The number of nitrogens with one attached hydrogen (secondary N) is 1. The zero-order valence-electron chi connectivity index (χ0n) is 16.2. The molecule has 2 heterocycles. The Morgan fingerprint density at radius 2 is 1.79 bits per heavy atom. The minimum Gasteiger partial charge on any atom is -0.352 e. The number of benzene rings is 2. The third-order valence-electron chi connectivity index (χ3n) is 5.20. The van der Waals surface area contributed by atoms with Gasteiger partial charge in [0.15, 0.2) is 0 Å². The van der Waals surface area contributed by atoms with Gasteiger partial charge in [-0.25, -0.2) is 4.39 Å². The van der Waals surface area contributed by atoms with E-state index in [-0.39, 0.29) is 24.1 Å². The molecule has 4 aromatic rings. The van der Waals surface area contributed by atoms with Crippen molar-refractivity contribution in [1.29, 1.82) is 0 Å². The van der Waals surface area contributed by atoms with Crippen molar-refractivity contribution in [3.8, 4) is 0 Å². The van der Waals surface area contributed by atoms with E-state index in [1.165, 1.54) is 12.1 Å². The van der Waals surface area contributed by atoms with Crippen LogP contribution in [-0.4, -0.2) is 15.5 Å². The standard InChI is InChI=1S/C24H22FN3O/c1-28-16-22(20-4-2-3-5-23(20)28)21(18-6-8-19(25)9-7-18)14-24(29)27-15-17-10-12-26-13-11-17/h2-13,16,21H,14-15H2,1H3,(H,27,29)/t21-/m1/s1. The molecule has 0 aliphatic rings. The summed E-state index contributed by atoms with van der Waals surface area (Å²) >= 11 is 0. The Morgan fingerprint density at radius 3 is 2.55 bits per heavy atom. The topological polar surface area (TPSA) is 46.9 Å². The Labute approximate surface area is 169 Å². The van der Waals surface area contributed by atoms with Gasteiger partial charge in [-0.2, -0.15) is 0 Å². The van der Waals surface area contributed by atoms with Crippen LogP contribution in [0.25, 0.3) is 10.9 Å². The maximum absolute atomic E-state index is 13.5. The highest BCUT2D eigenvalue weighted by atomic mass is 19.1. The molecule has 0 aliphatic heterocycles. The molecule has 0 saturated carbocycles. The number of aromatic nitrogens is 2. The third-order valence-corrected chi connectivity index (χ3v) is 5.20. The summed E-state index contributed by atoms with van der Waals surface area (Å²) in [7, 11) is 2.00. The highest BCUT2D eigenvalue weighted by Gasteiger charge is 2.22. The summed E-state index contributed by atoms with van der Waals surface area (Å²) in [5.41, 5.74) is 4.08. The van der Waals surface area contributed by atoms with Crippen LogP contribution in [0.2, 0.25) is 0 Å². The van der Waals surface area contributed by atoms with Crippen LogP contribution in [0, 0.1) is 5.82 Å². The average Bonchev–Trinajstić information content (AvgIpc) is 3.09. The molecule has 29 heavy (non-hydrogen) atoms. The van der Waals surface area contributed by atoms with Crippen molar-refractivity contribution in [2.75, 3.05) is 0 Å². The molecule has 146 valence electrons. The fourth-order valence-electron chi connectivity index (χ4n) is 3.71. The molecular weight excluding hydrogens is 365 g/mol. The summed E-state index contributed by atoms with van der Waals surface area (Å²) in [5, 5.41) is 4.09. The van der Waals surface area contributed by atoms with Gasteiger partial charge in [0.1, 0.15) is 5.82 Å². The van der Waals surface area contributed by atoms with Gasteiger partial charge < -0.3 is 9.88 Å². The molecule has 0 bridgehead atoms. The third kappa shape index (κ3) is 4.19. The Morgan fingerprint density at radius 1 is 1.07 bits per heavy atom. The number of amides is 1. The molecule has 2 aromatic carbocycles. The SMILES string of the molecule is Cn1cc([C@H](CC(=O)NCc2ccncc2)c2ccc(F)cc2)c2ccccc21. The Kier molecular flexibility index (Phi) is 5.38. The number of carbonyl (C=O) groups excluding carboxylic acids is 1. The number of aryl methyl sites for hydroxylation is 1. The predicted octanol–water partition coefficient (Wildman–Crippen LogP) is 4.55. The van der Waals surface area contributed by atoms with Crippen molar-refractivity contribution in [3.05, 3.63) is 102 Å². The van der Waals surface area contributed by atoms with E-state index in [4.69, 9.17) is 0 Å². The highest BCUT2D eigenvalue weighted by Crippen LogP contribution is 2.34. The van der Waals surface area contributed by atoms with Crippen LogP contribution in [0.15, 0.2) is 79.3 Å². The lowest BCUT2D eigenvalue weighted by molar-refractivity contribution is -0.121. The fourth-order valence-corrected chi connectivity index (χ4v) is 3.71. The number of fused-ring (bicyclic) bond motifs is 1. The fraction of sp³-hybridized carbons (Fsp3) is 0.167. The van der Waals surface area contributed by atoms with E-state index in [1.54, 1.807) is 24.5 Å². The van der Waals surface area contributed by atoms with E-state index in [0.717, 1.165) is 27.6 Å². The number of hydrogen-bond donors (Lipinski definition) is 1. The number of hydrogen-bond acceptors (Lipinski definition) is 2. The van der Waals surface area contributed by atoms with Crippen LogP contribution in [-0.2, 0) is 18.4 Å². The van der Waals surface area contributed by atoms with Crippen molar-refractivity contribution < 1.29 is 9.18 Å². The first-order valence-corrected chi connectivity index (χ1v) is 9.57. The summed E-state index contributed by atoms with van der Waals surface area (Å²) in [5.74, 6) is -0.504. The summed E-state index contributed by atoms with van der Waals surface area (Å²) < 4.78 is 15.6. The second kappa shape index (κ2) is 8.27. The highest BCUT2D eigenvalue weighted by molar-refractivity contribution is 5.86. The number of pyridine rings is 1. The first kappa shape index (κ1) is 18.9. The lowest BCUT2D eigenvalue weighted by Crippen LogP contribution is -2.25. The molecule has 1 atom stereocenters. The van der Waals surface area contributed by atoms with Crippen LogP contribution >= 0.6 is 0 Å².